The number of likely N-dealkylation sites (tertiary alicyclic amines) is 1. The lowest BCUT2D eigenvalue weighted by atomic mass is 9.94. The molecule has 0 saturated carbocycles. The zero-order chi connectivity index (χ0) is 23.6. The van der Waals surface area contributed by atoms with Crippen molar-refractivity contribution in [3.8, 4) is 11.8 Å². The second kappa shape index (κ2) is 11.7. The highest BCUT2D eigenvalue weighted by Crippen LogP contribution is 2.19. The molecule has 2 aromatic rings. The quantitative estimate of drug-likeness (QED) is 0.273. The zero-order valence-electron chi connectivity index (χ0n) is 18.8. The molecule has 2 aromatic carbocycles. The van der Waals surface area contributed by atoms with Gasteiger partial charge in [-0.3, -0.25) is 10.2 Å². The summed E-state index contributed by atoms with van der Waals surface area (Å²) in [5.74, 6) is 5.69. The van der Waals surface area contributed by atoms with Crippen LogP contribution >= 0.6 is 0 Å². The van der Waals surface area contributed by atoms with E-state index in [9.17, 15) is 9.59 Å². The van der Waals surface area contributed by atoms with Crippen molar-refractivity contribution in [2.24, 2.45) is 11.7 Å². The Labute approximate surface area is 194 Å². The van der Waals surface area contributed by atoms with E-state index >= 15 is 0 Å². The van der Waals surface area contributed by atoms with Gasteiger partial charge in [0.2, 0.25) is 5.91 Å². The van der Waals surface area contributed by atoms with Crippen LogP contribution in [0.15, 0.2) is 54.6 Å². The third-order valence-corrected chi connectivity index (χ3v) is 5.67. The molecule has 1 fully saturated rings. The SMILES string of the molecule is COC(=O)[C@@H](Cc1ccc(C#Cc2ccccc2)cc1)NC(=O)CC1CCCN(C(=N)N)C1. The molecule has 1 unspecified atom stereocenters. The number of benzene rings is 2. The molecular formula is C26H30N4O3. The van der Waals surface area contributed by atoms with E-state index in [1.54, 1.807) is 4.90 Å². The number of guanidine groups is 1. The number of nitrogens with zero attached hydrogens (tertiary/aromatic N) is 1. The van der Waals surface area contributed by atoms with Gasteiger partial charge in [-0.15, -0.1) is 0 Å². The Morgan fingerprint density at radius 3 is 2.45 bits per heavy atom. The summed E-state index contributed by atoms with van der Waals surface area (Å²) in [6, 6.07) is 16.6. The van der Waals surface area contributed by atoms with E-state index in [1.165, 1.54) is 7.11 Å². The first-order chi connectivity index (χ1) is 15.9. The number of ether oxygens (including phenoxy) is 1. The van der Waals surface area contributed by atoms with Crippen LogP contribution in [0.5, 0.6) is 0 Å². The number of nitrogens with two attached hydrogens (primary N) is 1. The molecule has 0 bridgehead atoms. The third kappa shape index (κ3) is 7.39. The Bertz CT molecular complexity index is 1020. The molecule has 1 amide bonds. The molecule has 1 heterocycles. The van der Waals surface area contributed by atoms with Gasteiger partial charge < -0.3 is 20.7 Å². The lowest BCUT2D eigenvalue weighted by Gasteiger charge is -2.32. The predicted molar refractivity (Wildman–Crippen MR) is 127 cm³/mol. The lowest BCUT2D eigenvalue weighted by molar-refractivity contribution is -0.145. The maximum absolute atomic E-state index is 12.6. The molecule has 172 valence electrons. The Morgan fingerprint density at radius 2 is 1.82 bits per heavy atom. The average molecular weight is 447 g/mol. The van der Waals surface area contributed by atoms with Gasteiger partial charge in [0, 0.05) is 37.1 Å². The summed E-state index contributed by atoms with van der Waals surface area (Å²) in [6.45, 7) is 1.32. The predicted octanol–water partition coefficient (Wildman–Crippen LogP) is 2.28. The van der Waals surface area contributed by atoms with Crippen LogP contribution in [0, 0.1) is 23.2 Å². The van der Waals surface area contributed by atoms with E-state index in [-0.39, 0.29) is 24.2 Å². The van der Waals surface area contributed by atoms with Crippen LogP contribution in [0.4, 0.5) is 0 Å². The molecule has 7 nitrogen and oxygen atoms in total. The highest BCUT2D eigenvalue weighted by Gasteiger charge is 2.26. The molecule has 1 aliphatic heterocycles. The number of esters is 1. The van der Waals surface area contributed by atoms with Crippen LogP contribution in [0.1, 0.15) is 36.0 Å². The molecule has 1 aliphatic rings. The normalized spacial score (nSPS) is 16.2. The number of piperidine rings is 1. The molecule has 0 aromatic heterocycles. The number of hydrogen-bond acceptors (Lipinski definition) is 4. The van der Waals surface area contributed by atoms with E-state index in [1.807, 2.05) is 54.6 Å². The van der Waals surface area contributed by atoms with Gasteiger partial charge >= 0.3 is 5.97 Å². The Balaban J connectivity index is 1.59. The number of carbonyl (C=O) groups is 2. The van der Waals surface area contributed by atoms with E-state index in [2.05, 4.69) is 17.2 Å². The maximum atomic E-state index is 12.6. The first-order valence-corrected chi connectivity index (χ1v) is 11.1. The van der Waals surface area contributed by atoms with Gasteiger partial charge in [0.15, 0.2) is 5.96 Å². The van der Waals surface area contributed by atoms with E-state index in [0.717, 1.165) is 36.1 Å². The Kier molecular flexibility index (Phi) is 8.48. The number of carbonyl (C=O) groups excluding carboxylic acids is 2. The molecule has 2 atom stereocenters. The molecule has 3 rings (SSSR count). The molecule has 33 heavy (non-hydrogen) atoms. The molecule has 0 radical (unpaired) electrons. The van der Waals surface area contributed by atoms with Gasteiger partial charge in [0.05, 0.1) is 7.11 Å². The average Bonchev–Trinajstić information content (AvgIpc) is 2.83. The summed E-state index contributed by atoms with van der Waals surface area (Å²) < 4.78 is 4.91. The summed E-state index contributed by atoms with van der Waals surface area (Å²) in [4.78, 5) is 26.7. The Hall–Kier alpha value is -3.79. The molecular weight excluding hydrogens is 416 g/mol. The van der Waals surface area contributed by atoms with Crippen molar-refractivity contribution >= 4 is 17.8 Å². The second-order valence-electron chi connectivity index (χ2n) is 8.20. The van der Waals surface area contributed by atoms with E-state index in [4.69, 9.17) is 15.9 Å². The number of amides is 1. The summed E-state index contributed by atoms with van der Waals surface area (Å²) in [5, 5.41) is 10.4. The van der Waals surface area contributed by atoms with Crippen molar-refractivity contribution in [2.45, 2.75) is 31.7 Å². The van der Waals surface area contributed by atoms with Gasteiger partial charge in [-0.25, -0.2) is 4.79 Å². The first-order valence-electron chi connectivity index (χ1n) is 11.1. The largest absolute Gasteiger partial charge is 0.467 e. The molecule has 0 spiro atoms. The second-order valence-corrected chi connectivity index (χ2v) is 8.20. The summed E-state index contributed by atoms with van der Waals surface area (Å²) in [5.41, 5.74) is 8.30. The molecule has 0 aliphatic carbocycles. The molecule has 4 N–H and O–H groups in total. The lowest BCUT2D eigenvalue weighted by Crippen LogP contribution is -2.46. The number of methoxy groups -OCH3 is 1. The fraction of sp³-hybridized carbons (Fsp3) is 0.346. The van der Waals surface area contributed by atoms with Crippen molar-refractivity contribution in [3.05, 3.63) is 71.3 Å². The van der Waals surface area contributed by atoms with Crippen LogP contribution in [-0.4, -0.2) is 49.0 Å². The molecule has 7 heteroatoms. The van der Waals surface area contributed by atoms with Gasteiger partial charge in [-0.05, 0) is 48.6 Å². The third-order valence-electron chi connectivity index (χ3n) is 5.67. The topological polar surface area (TPSA) is 109 Å². The van der Waals surface area contributed by atoms with Crippen molar-refractivity contribution in [3.63, 3.8) is 0 Å². The highest BCUT2D eigenvalue weighted by molar-refractivity contribution is 5.85. The number of rotatable bonds is 6. The van der Waals surface area contributed by atoms with Crippen LogP contribution < -0.4 is 11.1 Å². The van der Waals surface area contributed by atoms with Gasteiger partial charge in [0.25, 0.3) is 0 Å². The van der Waals surface area contributed by atoms with Crippen molar-refractivity contribution in [1.82, 2.24) is 10.2 Å². The maximum Gasteiger partial charge on any atom is 0.328 e. The smallest absolute Gasteiger partial charge is 0.328 e. The fourth-order valence-corrected chi connectivity index (χ4v) is 3.93. The number of nitrogens with one attached hydrogen (secondary N) is 2. The summed E-state index contributed by atoms with van der Waals surface area (Å²) >= 11 is 0. The monoisotopic (exact) mass is 446 g/mol. The first kappa shape index (κ1) is 23.9. The minimum absolute atomic E-state index is 0.0319. The van der Waals surface area contributed by atoms with Crippen LogP contribution in [0.3, 0.4) is 0 Å². The number of hydrogen-bond donors (Lipinski definition) is 3. The van der Waals surface area contributed by atoms with Crippen molar-refractivity contribution in [2.75, 3.05) is 20.2 Å². The Morgan fingerprint density at radius 1 is 1.15 bits per heavy atom. The summed E-state index contributed by atoms with van der Waals surface area (Å²) in [7, 11) is 1.32. The minimum Gasteiger partial charge on any atom is -0.467 e. The standard InChI is InChI=1S/C26H30N4O3/c1-33-25(32)23(29-24(31)17-22-8-5-15-30(18-22)26(27)28)16-21-13-11-20(12-14-21)10-9-19-6-3-2-4-7-19/h2-4,6-7,11-14,22-23H,5,8,15-18H2,1H3,(H3,27,28)(H,29,31)/t22?,23-/m1/s1. The van der Waals surface area contributed by atoms with E-state index in [0.29, 0.717) is 13.0 Å². The summed E-state index contributed by atoms with van der Waals surface area (Å²) in [6.07, 6.45) is 2.39. The fourth-order valence-electron chi connectivity index (χ4n) is 3.93. The van der Waals surface area contributed by atoms with Gasteiger partial charge in [-0.2, -0.15) is 0 Å². The minimum atomic E-state index is -0.767. The van der Waals surface area contributed by atoms with Crippen LogP contribution in [-0.2, 0) is 20.7 Å². The van der Waals surface area contributed by atoms with Gasteiger partial charge in [-0.1, -0.05) is 42.2 Å². The van der Waals surface area contributed by atoms with Crippen LogP contribution in [0.25, 0.3) is 0 Å². The zero-order valence-corrected chi connectivity index (χ0v) is 18.8. The molecule has 1 saturated heterocycles. The van der Waals surface area contributed by atoms with Crippen LogP contribution in [0.2, 0.25) is 0 Å². The van der Waals surface area contributed by atoms with Crippen molar-refractivity contribution in [1.29, 1.82) is 5.41 Å². The highest BCUT2D eigenvalue weighted by atomic mass is 16.5. The van der Waals surface area contributed by atoms with Gasteiger partial charge in [0.1, 0.15) is 6.04 Å². The van der Waals surface area contributed by atoms with E-state index < -0.39 is 12.0 Å². The van der Waals surface area contributed by atoms with Crippen molar-refractivity contribution < 1.29 is 14.3 Å².